The first-order chi connectivity index (χ1) is 45.6. The minimum atomic E-state index is -4.96. The average Bonchev–Trinajstić information content (AvgIpc) is 2.27. The number of aliphatic hydroxyl groups is 1. The highest BCUT2D eigenvalue weighted by molar-refractivity contribution is 7.47. The van der Waals surface area contributed by atoms with Gasteiger partial charge in [0.25, 0.3) is 0 Å². The summed E-state index contributed by atoms with van der Waals surface area (Å²) in [6.07, 6.45) is 50.0. The SMILES string of the molecule is CCC(C)CCCCCCCCC(=O)OC[C@H](COP(=O)(O)OC[C@H](O)COP(=O)(O)OC[C@@H](COC(=O)CCCCCCCCCCCCCCCCC(C)C)OC(=O)CCCCCCCCCCCC(C)C)OC(=O)CCCCCCCCCCCCCCCC(C)C. The van der Waals surface area contributed by atoms with Crippen molar-refractivity contribution in [2.45, 2.75) is 401 Å². The molecule has 0 aromatic carbocycles. The number of unbranched alkanes of at least 4 members (excludes halogenated alkanes) is 38. The molecule has 3 N–H and O–H groups in total. The van der Waals surface area contributed by atoms with E-state index in [9.17, 15) is 43.2 Å². The van der Waals surface area contributed by atoms with Gasteiger partial charge < -0.3 is 33.8 Å². The normalized spacial score (nSPS) is 14.4. The smallest absolute Gasteiger partial charge is 0.462 e. The number of carbonyl (C=O) groups excluding carboxylic acids is 4. The van der Waals surface area contributed by atoms with Crippen molar-refractivity contribution in [2.24, 2.45) is 23.7 Å². The summed E-state index contributed by atoms with van der Waals surface area (Å²) in [4.78, 5) is 72.8. The molecule has 0 aromatic heterocycles. The molecule has 0 heterocycles. The monoisotopic (exact) mass is 1400 g/mol. The highest BCUT2D eigenvalue weighted by atomic mass is 31.2. The Labute approximate surface area is 581 Å². The van der Waals surface area contributed by atoms with Gasteiger partial charge in [-0.15, -0.1) is 0 Å². The average molecular weight is 1400 g/mol. The van der Waals surface area contributed by atoms with Crippen LogP contribution in [0.1, 0.15) is 383 Å². The Morgan fingerprint density at radius 2 is 0.505 bits per heavy atom. The maximum Gasteiger partial charge on any atom is 0.472 e. The molecule has 0 aliphatic heterocycles. The molecule has 0 aromatic rings. The molecule has 95 heavy (non-hydrogen) atoms. The van der Waals surface area contributed by atoms with Crippen LogP contribution >= 0.6 is 15.6 Å². The van der Waals surface area contributed by atoms with Gasteiger partial charge in [-0.2, -0.15) is 0 Å². The first-order valence-electron chi connectivity index (χ1n) is 39.2. The Morgan fingerprint density at radius 1 is 0.295 bits per heavy atom. The largest absolute Gasteiger partial charge is 0.472 e. The van der Waals surface area contributed by atoms with Crippen molar-refractivity contribution in [3.05, 3.63) is 0 Å². The molecule has 19 heteroatoms. The van der Waals surface area contributed by atoms with Crippen molar-refractivity contribution in [3.63, 3.8) is 0 Å². The Hall–Kier alpha value is -1.94. The Balaban J connectivity index is 5.23. The van der Waals surface area contributed by atoms with Crippen LogP contribution in [0.15, 0.2) is 0 Å². The minimum Gasteiger partial charge on any atom is -0.462 e. The van der Waals surface area contributed by atoms with E-state index < -0.39 is 97.5 Å². The molecular weight excluding hydrogens is 1250 g/mol. The van der Waals surface area contributed by atoms with Gasteiger partial charge in [0.15, 0.2) is 12.2 Å². The van der Waals surface area contributed by atoms with E-state index in [1.54, 1.807) is 0 Å². The summed E-state index contributed by atoms with van der Waals surface area (Å²) >= 11 is 0. The number of phosphoric ester groups is 2. The first kappa shape index (κ1) is 93.1. The third-order valence-electron chi connectivity index (χ3n) is 17.9. The van der Waals surface area contributed by atoms with Crippen molar-refractivity contribution < 1.29 is 80.2 Å². The standard InChI is InChI=1S/C76H148O17P2/c1-9-69(8)55-47-39-34-35-41-49-57-74(79)87-63-72(93-75(80)58-50-42-32-26-20-16-12-14-18-23-29-37-45-53-67(4)5)65-91-95(84,85)89-61-70(77)60-88-94(82,83)90-64-71(92-76(81)59-51-43-33-27-21-24-30-38-46-54-68(6)7)62-86-73(78)56-48-40-31-25-19-15-11-10-13-17-22-28-36-44-52-66(2)3/h66-72,77H,9-65H2,1-8H3,(H,82,83)(H,84,85)/t69?,70-,71-,72-/m1/s1. The number of phosphoric acid groups is 2. The lowest BCUT2D eigenvalue weighted by molar-refractivity contribution is -0.161. The molecule has 3 unspecified atom stereocenters. The molecular formula is C76H148O17P2. The van der Waals surface area contributed by atoms with Crippen LogP contribution < -0.4 is 0 Å². The summed E-state index contributed by atoms with van der Waals surface area (Å²) < 4.78 is 68.5. The van der Waals surface area contributed by atoms with Crippen LogP contribution in [0.3, 0.4) is 0 Å². The van der Waals surface area contributed by atoms with Gasteiger partial charge in [0, 0.05) is 25.7 Å². The van der Waals surface area contributed by atoms with Gasteiger partial charge in [0.2, 0.25) is 0 Å². The van der Waals surface area contributed by atoms with Crippen molar-refractivity contribution in [1.82, 2.24) is 0 Å². The van der Waals surface area contributed by atoms with E-state index in [-0.39, 0.29) is 25.7 Å². The lowest BCUT2D eigenvalue weighted by atomic mass is 10.00. The topological polar surface area (TPSA) is 237 Å². The van der Waals surface area contributed by atoms with Crippen LogP contribution in [0.5, 0.6) is 0 Å². The summed E-state index contributed by atoms with van der Waals surface area (Å²) in [5, 5.41) is 10.6. The molecule has 0 spiro atoms. The molecule has 0 bridgehead atoms. The van der Waals surface area contributed by atoms with Crippen molar-refractivity contribution in [3.8, 4) is 0 Å². The lowest BCUT2D eigenvalue weighted by Crippen LogP contribution is -2.30. The zero-order valence-corrected chi connectivity index (χ0v) is 64.1. The van der Waals surface area contributed by atoms with Gasteiger partial charge >= 0.3 is 39.5 Å². The van der Waals surface area contributed by atoms with Crippen LogP contribution in [0.2, 0.25) is 0 Å². The maximum absolute atomic E-state index is 13.1. The van der Waals surface area contributed by atoms with E-state index in [0.29, 0.717) is 25.7 Å². The molecule has 564 valence electrons. The molecule has 0 amide bonds. The van der Waals surface area contributed by atoms with Crippen molar-refractivity contribution in [1.29, 1.82) is 0 Å². The number of ether oxygens (including phenoxy) is 4. The predicted molar refractivity (Wildman–Crippen MR) is 386 cm³/mol. The summed E-state index contributed by atoms with van der Waals surface area (Å²) in [5.41, 5.74) is 0. The van der Waals surface area contributed by atoms with Gasteiger partial charge in [-0.05, 0) is 49.4 Å². The molecule has 0 saturated heterocycles. The number of aliphatic hydroxyl groups excluding tert-OH is 1. The van der Waals surface area contributed by atoms with Crippen LogP contribution in [-0.4, -0.2) is 96.7 Å². The van der Waals surface area contributed by atoms with E-state index in [0.717, 1.165) is 120 Å². The summed E-state index contributed by atoms with van der Waals surface area (Å²) in [6, 6.07) is 0. The second-order valence-corrected chi connectivity index (χ2v) is 32.0. The number of hydrogen-bond acceptors (Lipinski definition) is 15. The van der Waals surface area contributed by atoms with Gasteiger partial charge in [-0.25, -0.2) is 9.13 Å². The fraction of sp³-hybridized carbons (Fsp3) is 0.947. The van der Waals surface area contributed by atoms with Crippen molar-refractivity contribution >= 4 is 39.5 Å². The highest BCUT2D eigenvalue weighted by Gasteiger charge is 2.30. The molecule has 0 aliphatic rings. The Morgan fingerprint density at radius 3 is 0.747 bits per heavy atom. The first-order valence-corrected chi connectivity index (χ1v) is 42.2. The molecule has 17 nitrogen and oxygen atoms in total. The molecule has 6 atom stereocenters. The quantitative estimate of drug-likeness (QED) is 0.0222. The van der Waals surface area contributed by atoms with Crippen LogP contribution in [0, 0.1) is 23.7 Å². The summed E-state index contributed by atoms with van der Waals surface area (Å²) in [7, 11) is -9.91. The predicted octanol–water partition coefficient (Wildman–Crippen LogP) is 22.0. The van der Waals surface area contributed by atoms with E-state index in [2.05, 4.69) is 55.4 Å². The highest BCUT2D eigenvalue weighted by Crippen LogP contribution is 2.45. The second-order valence-electron chi connectivity index (χ2n) is 29.1. The fourth-order valence-electron chi connectivity index (χ4n) is 11.5. The van der Waals surface area contributed by atoms with Gasteiger partial charge in [0.1, 0.15) is 19.3 Å². The molecule has 0 rings (SSSR count). The Bertz CT molecular complexity index is 1870. The molecule has 0 aliphatic carbocycles. The molecule has 0 fully saturated rings. The second kappa shape index (κ2) is 65.4. The Kier molecular flexibility index (Phi) is 64.0. The number of rotatable bonds is 73. The fourth-order valence-corrected chi connectivity index (χ4v) is 13.1. The number of hydrogen-bond donors (Lipinski definition) is 3. The van der Waals surface area contributed by atoms with Gasteiger partial charge in [0.05, 0.1) is 26.4 Å². The van der Waals surface area contributed by atoms with Gasteiger partial charge in [-0.3, -0.25) is 37.3 Å². The van der Waals surface area contributed by atoms with E-state index in [1.807, 2.05) is 0 Å². The van der Waals surface area contributed by atoms with Crippen LogP contribution in [0.25, 0.3) is 0 Å². The van der Waals surface area contributed by atoms with E-state index >= 15 is 0 Å². The molecule has 0 saturated carbocycles. The minimum absolute atomic E-state index is 0.105. The van der Waals surface area contributed by atoms with E-state index in [4.69, 9.17) is 37.0 Å². The zero-order valence-electron chi connectivity index (χ0n) is 62.3. The van der Waals surface area contributed by atoms with E-state index in [1.165, 1.54) is 180 Å². The number of esters is 4. The van der Waals surface area contributed by atoms with Gasteiger partial charge in [-0.1, -0.05) is 331 Å². The van der Waals surface area contributed by atoms with Crippen LogP contribution in [0.4, 0.5) is 0 Å². The molecule has 0 radical (unpaired) electrons. The third kappa shape index (κ3) is 69.0. The van der Waals surface area contributed by atoms with Crippen molar-refractivity contribution in [2.75, 3.05) is 39.6 Å². The summed E-state index contributed by atoms with van der Waals surface area (Å²) in [6.45, 7) is 14.2. The maximum atomic E-state index is 13.1. The van der Waals surface area contributed by atoms with Crippen LogP contribution in [-0.2, 0) is 65.4 Å². The lowest BCUT2D eigenvalue weighted by Gasteiger charge is -2.21. The number of carbonyl (C=O) groups is 4. The summed E-state index contributed by atoms with van der Waals surface area (Å²) in [5.74, 6) is 0.931. The third-order valence-corrected chi connectivity index (χ3v) is 19.8. The zero-order chi connectivity index (χ0) is 70.3.